The minimum absolute atomic E-state index is 0.0708. The number of rotatable bonds is 9. The summed E-state index contributed by atoms with van der Waals surface area (Å²) >= 11 is 0. The van der Waals surface area contributed by atoms with Gasteiger partial charge in [0.05, 0.1) is 17.7 Å². The van der Waals surface area contributed by atoms with Crippen molar-refractivity contribution in [3.8, 4) is 11.5 Å². The fourth-order valence-electron chi connectivity index (χ4n) is 2.47. The van der Waals surface area contributed by atoms with Crippen molar-refractivity contribution in [1.29, 1.82) is 0 Å². The first kappa shape index (κ1) is 18.5. The number of sulfonamides is 1. The van der Waals surface area contributed by atoms with Crippen LogP contribution >= 0.6 is 0 Å². The summed E-state index contributed by atoms with van der Waals surface area (Å²) in [4.78, 5) is 0.229. The lowest BCUT2D eigenvalue weighted by Gasteiger charge is -2.14. The summed E-state index contributed by atoms with van der Waals surface area (Å²) in [7, 11) is -1.94. The van der Waals surface area contributed by atoms with E-state index in [1.807, 2.05) is 31.2 Å². The van der Waals surface area contributed by atoms with Crippen LogP contribution < -0.4 is 19.5 Å². The first-order valence-electron chi connectivity index (χ1n) is 8.61. The van der Waals surface area contributed by atoms with Crippen LogP contribution in [-0.2, 0) is 10.0 Å². The Hall–Kier alpha value is -2.25. The van der Waals surface area contributed by atoms with Crippen LogP contribution in [0.25, 0.3) is 0 Å². The number of anilines is 1. The third kappa shape index (κ3) is 4.89. The van der Waals surface area contributed by atoms with E-state index in [4.69, 9.17) is 9.47 Å². The number of benzene rings is 2. The highest BCUT2D eigenvalue weighted by Crippen LogP contribution is 2.29. The minimum Gasteiger partial charge on any atom is -0.495 e. The fraction of sp³-hybridized carbons (Fsp3) is 0.368. The van der Waals surface area contributed by atoms with Gasteiger partial charge in [-0.3, -0.25) is 0 Å². The zero-order valence-electron chi connectivity index (χ0n) is 15.0. The molecule has 1 aliphatic carbocycles. The number of nitrogens with one attached hydrogen (secondary N) is 2. The molecule has 2 N–H and O–H groups in total. The van der Waals surface area contributed by atoms with E-state index in [0.29, 0.717) is 24.6 Å². The molecule has 0 spiro atoms. The first-order chi connectivity index (χ1) is 12.5. The van der Waals surface area contributed by atoms with Crippen LogP contribution in [0.4, 0.5) is 5.69 Å². The molecule has 6 nitrogen and oxygen atoms in total. The van der Waals surface area contributed by atoms with Crippen molar-refractivity contribution in [2.75, 3.05) is 25.6 Å². The molecule has 1 aliphatic rings. The Kier molecular flexibility index (Phi) is 5.68. The quantitative estimate of drug-likeness (QED) is 0.658. The van der Waals surface area contributed by atoms with E-state index in [2.05, 4.69) is 10.0 Å². The Balaban J connectivity index is 1.62. The molecule has 0 atom stereocenters. The van der Waals surface area contributed by atoms with Gasteiger partial charge >= 0.3 is 0 Å². The van der Waals surface area contributed by atoms with Crippen molar-refractivity contribution in [3.63, 3.8) is 0 Å². The molecular weight excluding hydrogens is 352 g/mol. The van der Waals surface area contributed by atoms with Crippen molar-refractivity contribution >= 4 is 15.7 Å². The van der Waals surface area contributed by atoms with Crippen molar-refractivity contribution in [2.45, 2.75) is 30.7 Å². The van der Waals surface area contributed by atoms with Gasteiger partial charge in [0.2, 0.25) is 10.0 Å². The number of aryl methyl sites for hydroxylation is 1. The van der Waals surface area contributed by atoms with Gasteiger partial charge in [0, 0.05) is 12.6 Å². The highest BCUT2D eigenvalue weighted by molar-refractivity contribution is 7.89. The molecule has 0 heterocycles. The van der Waals surface area contributed by atoms with E-state index < -0.39 is 10.0 Å². The second kappa shape index (κ2) is 7.97. The zero-order valence-corrected chi connectivity index (χ0v) is 15.8. The van der Waals surface area contributed by atoms with Gasteiger partial charge in [0.15, 0.2) is 0 Å². The zero-order chi connectivity index (χ0) is 18.6. The summed E-state index contributed by atoms with van der Waals surface area (Å²) in [6.45, 7) is 2.99. The van der Waals surface area contributed by atoms with Gasteiger partial charge in [-0.25, -0.2) is 13.1 Å². The van der Waals surface area contributed by atoms with Crippen molar-refractivity contribution < 1.29 is 17.9 Å². The van der Waals surface area contributed by atoms with E-state index >= 15 is 0 Å². The third-order valence-electron chi connectivity index (χ3n) is 4.09. The smallest absolute Gasteiger partial charge is 0.240 e. The maximum absolute atomic E-state index is 12.4. The first-order valence-corrected chi connectivity index (χ1v) is 10.1. The lowest BCUT2D eigenvalue weighted by molar-refractivity contribution is 0.332. The monoisotopic (exact) mass is 376 g/mol. The van der Waals surface area contributed by atoms with Gasteiger partial charge in [-0.15, -0.1) is 0 Å². The van der Waals surface area contributed by atoms with Crippen molar-refractivity contribution in [1.82, 2.24) is 4.72 Å². The summed E-state index contributed by atoms with van der Waals surface area (Å²) < 4.78 is 38.4. The molecule has 2 aromatic carbocycles. The van der Waals surface area contributed by atoms with Crippen LogP contribution in [0.1, 0.15) is 18.4 Å². The van der Waals surface area contributed by atoms with Crippen molar-refractivity contribution in [2.24, 2.45) is 0 Å². The van der Waals surface area contributed by atoms with Gasteiger partial charge in [-0.05, 0) is 50.1 Å². The van der Waals surface area contributed by atoms with E-state index in [1.165, 1.54) is 5.56 Å². The molecule has 26 heavy (non-hydrogen) atoms. The maximum Gasteiger partial charge on any atom is 0.240 e. The predicted octanol–water partition coefficient (Wildman–Crippen LogP) is 2.94. The van der Waals surface area contributed by atoms with Crippen LogP contribution in [0.5, 0.6) is 11.5 Å². The molecule has 0 bridgehead atoms. The van der Waals surface area contributed by atoms with Crippen LogP contribution in [0.2, 0.25) is 0 Å². The Morgan fingerprint density at radius 3 is 2.50 bits per heavy atom. The molecule has 1 saturated carbocycles. The van der Waals surface area contributed by atoms with Gasteiger partial charge in [-0.1, -0.05) is 17.7 Å². The number of methoxy groups -OCH3 is 1. The lowest BCUT2D eigenvalue weighted by atomic mass is 10.2. The second-order valence-electron chi connectivity index (χ2n) is 6.35. The molecule has 7 heteroatoms. The molecule has 0 unspecified atom stereocenters. The van der Waals surface area contributed by atoms with Gasteiger partial charge in [-0.2, -0.15) is 0 Å². The molecule has 2 aromatic rings. The fourth-order valence-corrected chi connectivity index (χ4v) is 3.80. The van der Waals surface area contributed by atoms with E-state index in [1.54, 1.807) is 25.3 Å². The van der Waals surface area contributed by atoms with E-state index in [-0.39, 0.29) is 10.9 Å². The highest BCUT2D eigenvalue weighted by atomic mass is 32.2. The minimum atomic E-state index is -3.50. The Morgan fingerprint density at radius 2 is 1.85 bits per heavy atom. The van der Waals surface area contributed by atoms with E-state index in [9.17, 15) is 8.42 Å². The molecule has 0 radical (unpaired) electrons. The SMILES string of the molecule is COc1ccc(S(=O)(=O)NC2CC2)cc1NCCOc1ccc(C)cc1. The largest absolute Gasteiger partial charge is 0.495 e. The van der Waals surface area contributed by atoms with Crippen LogP contribution in [0, 0.1) is 6.92 Å². The second-order valence-corrected chi connectivity index (χ2v) is 8.06. The topological polar surface area (TPSA) is 76.7 Å². The number of hydrogen-bond acceptors (Lipinski definition) is 5. The third-order valence-corrected chi connectivity index (χ3v) is 5.61. The van der Waals surface area contributed by atoms with Gasteiger partial charge in [0.25, 0.3) is 0 Å². The summed E-state index contributed by atoms with van der Waals surface area (Å²) in [6.07, 6.45) is 1.80. The molecule has 0 aliphatic heterocycles. The molecular formula is C19H24N2O4S. The summed E-state index contributed by atoms with van der Waals surface area (Å²) in [6, 6.07) is 12.7. The average Bonchev–Trinajstić information content (AvgIpc) is 3.43. The summed E-state index contributed by atoms with van der Waals surface area (Å²) in [5, 5.41) is 3.19. The van der Waals surface area contributed by atoms with Gasteiger partial charge in [0.1, 0.15) is 18.1 Å². The summed E-state index contributed by atoms with van der Waals surface area (Å²) in [5.41, 5.74) is 1.80. The molecule has 3 rings (SSSR count). The Bertz CT molecular complexity index is 846. The van der Waals surface area contributed by atoms with Gasteiger partial charge < -0.3 is 14.8 Å². The number of hydrogen-bond donors (Lipinski definition) is 2. The van der Waals surface area contributed by atoms with E-state index in [0.717, 1.165) is 18.6 Å². The average molecular weight is 376 g/mol. The Morgan fingerprint density at radius 1 is 1.12 bits per heavy atom. The molecule has 1 fully saturated rings. The molecule has 0 aromatic heterocycles. The van der Waals surface area contributed by atoms with Crippen LogP contribution in [0.3, 0.4) is 0 Å². The molecule has 140 valence electrons. The highest BCUT2D eigenvalue weighted by Gasteiger charge is 2.28. The number of ether oxygens (including phenoxy) is 2. The van der Waals surface area contributed by atoms with Crippen LogP contribution in [0.15, 0.2) is 47.4 Å². The predicted molar refractivity (Wildman–Crippen MR) is 102 cm³/mol. The molecule has 0 saturated heterocycles. The maximum atomic E-state index is 12.4. The summed E-state index contributed by atoms with van der Waals surface area (Å²) in [5.74, 6) is 1.39. The van der Waals surface area contributed by atoms with Crippen LogP contribution in [-0.4, -0.2) is 34.7 Å². The standard InChI is InChI=1S/C19H24N2O4S/c1-14-3-7-16(8-4-14)25-12-11-20-18-13-17(9-10-19(18)24-2)26(22,23)21-15-5-6-15/h3-4,7-10,13,15,20-21H,5-6,11-12H2,1-2H3. The molecule has 0 amide bonds. The Labute approximate surface area is 154 Å². The lowest BCUT2D eigenvalue weighted by Crippen LogP contribution is -2.25. The van der Waals surface area contributed by atoms with Crippen molar-refractivity contribution in [3.05, 3.63) is 48.0 Å². The normalized spacial score (nSPS) is 14.1.